The quantitative estimate of drug-likeness (QED) is 0.600. The highest BCUT2D eigenvalue weighted by Gasteiger charge is 2.33. The third kappa shape index (κ3) is 4.42. The normalized spacial score (nSPS) is 16.9. The number of carbonyl (C=O) groups excluding carboxylic acids is 2. The number of nitrogens with zero attached hydrogens (tertiary/aromatic N) is 3. The lowest BCUT2D eigenvalue weighted by atomic mass is 9.94. The fourth-order valence-electron chi connectivity index (χ4n) is 4.42. The first-order valence-corrected chi connectivity index (χ1v) is 10.9. The third-order valence-electron chi connectivity index (χ3n) is 6.12. The molecule has 1 fully saturated rings. The second-order valence-corrected chi connectivity index (χ2v) is 8.50. The molecule has 0 aliphatic carbocycles. The van der Waals surface area contributed by atoms with E-state index in [2.05, 4.69) is 4.85 Å². The number of fused-ring (bicyclic) bond motifs is 1. The predicted molar refractivity (Wildman–Crippen MR) is 118 cm³/mol. The van der Waals surface area contributed by atoms with Crippen molar-refractivity contribution in [3.63, 3.8) is 0 Å². The number of anilines is 1. The molecule has 5 nitrogen and oxygen atoms in total. The SMILES string of the molecule is [C-]#[N+]c1ccc(C(=O)N2CCC(C(=O)N3CCCCc4cc(Cl)ccc43)CC2)c(F)c1. The summed E-state index contributed by atoms with van der Waals surface area (Å²) in [5, 5.41) is 0.677. The van der Waals surface area contributed by atoms with Gasteiger partial charge in [0, 0.05) is 36.3 Å². The predicted octanol–water partition coefficient (Wildman–Crippen LogP) is 5.25. The van der Waals surface area contributed by atoms with Crippen LogP contribution in [0.1, 0.15) is 41.6 Å². The Hall–Kier alpha value is -2.91. The average Bonchev–Trinajstić information content (AvgIpc) is 3.00. The van der Waals surface area contributed by atoms with Crippen LogP contribution in [0, 0.1) is 18.3 Å². The highest BCUT2D eigenvalue weighted by Crippen LogP contribution is 2.32. The Labute approximate surface area is 186 Å². The molecule has 0 N–H and O–H groups in total. The van der Waals surface area contributed by atoms with Gasteiger partial charge in [-0.2, -0.15) is 0 Å². The van der Waals surface area contributed by atoms with Crippen LogP contribution in [0.4, 0.5) is 15.8 Å². The summed E-state index contributed by atoms with van der Waals surface area (Å²) >= 11 is 6.15. The van der Waals surface area contributed by atoms with E-state index in [9.17, 15) is 14.0 Å². The van der Waals surface area contributed by atoms with Gasteiger partial charge < -0.3 is 9.80 Å². The molecule has 0 atom stereocenters. The fraction of sp³-hybridized carbons (Fsp3) is 0.375. The summed E-state index contributed by atoms with van der Waals surface area (Å²) in [7, 11) is 0. The largest absolute Gasteiger partial charge is 0.339 e. The first kappa shape index (κ1) is 21.3. The molecule has 7 heteroatoms. The molecular formula is C24H23ClFN3O2. The molecular weight excluding hydrogens is 417 g/mol. The van der Waals surface area contributed by atoms with Crippen LogP contribution in [0.15, 0.2) is 36.4 Å². The van der Waals surface area contributed by atoms with Gasteiger partial charge in [0.15, 0.2) is 5.69 Å². The van der Waals surface area contributed by atoms with Gasteiger partial charge in [-0.05, 0) is 61.9 Å². The second kappa shape index (κ2) is 9.07. The van der Waals surface area contributed by atoms with E-state index < -0.39 is 11.7 Å². The number of aryl methyl sites for hydroxylation is 1. The topological polar surface area (TPSA) is 45.0 Å². The highest BCUT2D eigenvalue weighted by atomic mass is 35.5. The first-order valence-electron chi connectivity index (χ1n) is 10.5. The average molecular weight is 440 g/mol. The molecule has 2 amide bonds. The van der Waals surface area contributed by atoms with E-state index in [1.54, 1.807) is 4.90 Å². The van der Waals surface area contributed by atoms with E-state index in [-0.39, 0.29) is 23.1 Å². The lowest BCUT2D eigenvalue weighted by Gasteiger charge is -2.34. The molecule has 160 valence electrons. The monoisotopic (exact) mass is 439 g/mol. The molecule has 0 unspecified atom stereocenters. The molecule has 0 saturated carbocycles. The lowest BCUT2D eigenvalue weighted by molar-refractivity contribution is -0.123. The van der Waals surface area contributed by atoms with Gasteiger partial charge in [-0.25, -0.2) is 9.24 Å². The van der Waals surface area contributed by atoms with Gasteiger partial charge >= 0.3 is 0 Å². The van der Waals surface area contributed by atoms with Crippen LogP contribution in [-0.2, 0) is 11.2 Å². The van der Waals surface area contributed by atoms with Crippen molar-refractivity contribution in [1.82, 2.24) is 4.90 Å². The molecule has 2 aromatic rings. The number of rotatable bonds is 2. The summed E-state index contributed by atoms with van der Waals surface area (Å²) in [6, 6.07) is 9.58. The van der Waals surface area contributed by atoms with Crippen molar-refractivity contribution in [2.75, 3.05) is 24.5 Å². The minimum Gasteiger partial charge on any atom is -0.339 e. The van der Waals surface area contributed by atoms with Gasteiger partial charge in [-0.1, -0.05) is 23.7 Å². The molecule has 0 radical (unpaired) electrons. The minimum atomic E-state index is -0.684. The molecule has 2 aliphatic heterocycles. The molecule has 31 heavy (non-hydrogen) atoms. The van der Waals surface area contributed by atoms with E-state index in [1.807, 2.05) is 23.1 Å². The smallest absolute Gasteiger partial charge is 0.256 e. The Morgan fingerprint density at radius 2 is 1.84 bits per heavy atom. The van der Waals surface area contributed by atoms with Crippen LogP contribution >= 0.6 is 11.6 Å². The number of piperidine rings is 1. The van der Waals surface area contributed by atoms with Gasteiger partial charge in [0.05, 0.1) is 12.1 Å². The third-order valence-corrected chi connectivity index (χ3v) is 6.35. The standard InChI is InChI=1S/C24H23ClFN3O2/c1-27-19-6-7-20(21(26)15-19)24(31)28-12-9-16(10-13-28)23(30)29-11-3-2-4-17-14-18(25)5-8-22(17)29/h5-8,14-16H,2-4,9-13H2. The number of carbonyl (C=O) groups is 2. The van der Waals surface area contributed by atoms with E-state index in [1.165, 1.54) is 12.1 Å². The summed E-state index contributed by atoms with van der Waals surface area (Å²) in [6.45, 7) is 8.44. The van der Waals surface area contributed by atoms with Gasteiger partial charge in [-0.15, -0.1) is 0 Å². The molecule has 0 aromatic heterocycles. The lowest BCUT2D eigenvalue weighted by Crippen LogP contribution is -2.45. The van der Waals surface area contributed by atoms with E-state index in [4.69, 9.17) is 18.2 Å². The highest BCUT2D eigenvalue weighted by molar-refractivity contribution is 6.30. The van der Waals surface area contributed by atoms with Crippen LogP contribution in [0.5, 0.6) is 0 Å². The maximum absolute atomic E-state index is 14.2. The molecule has 2 aliphatic rings. The number of halogens is 2. The van der Waals surface area contributed by atoms with Crippen LogP contribution < -0.4 is 4.90 Å². The van der Waals surface area contributed by atoms with Crippen molar-refractivity contribution >= 4 is 34.8 Å². The van der Waals surface area contributed by atoms with Gasteiger partial charge in [0.25, 0.3) is 5.91 Å². The van der Waals surface area contributed by atoms with Gasteiger partial charge in [-0.3, -0.25) is 9.59 Å². The summed E-state index contributed by atoms with van der Waals surface area (Å²) in [4.78, 5) is 32.7. The molecule has 4 rings (SSSR count). The Bertz CT molecular complexity index is 1060. The molecule has 1 saturated heterocycles. The van der Waals surface area contributed by atoms with Crippen molar-refractivity contribution in [2.45, 2.75) is 32.1 Å². The number of hydrogen-bond donors (Lipinski definition) is 0. The first-order chi connectivity index (χ1) is 15.0. The maximum Gasteiger partial charge on any atom is 0.256 e. The minimum absolute atomic E-state index is 0.0319. The Balaban J connectivity index is 1.44. The fourth-order valence-corrected chi connectivity index (χ4v) is 4.61. The Morgan fingerprint density at radius 1 is 1.06 bits per heavy atom. The van der Waals surface area contributed by atoms with Gasteiger partial charge in [0.1, 0.15) is 5.82 Å². The number of amides is 2. The van der Waals surface area contributed by atoms with Crippen molar-refractivity contribution in [3.8, 4) is 0 Å². The molecule has 2 aromatic carbocycles. The van der Waals surface area contributed by atoms with Crippen LogP contribution in [0.3, 0.4) is 0 Å². The Morgan fingerprint density at radius 3 is 2.55 bits per heavy atom. The number of likely N-dealkylation sites (tertiary alicyclic amines) is 1. The van der Waals surface area contributed by atoms with Crippen molar-refractivity contribution in [1.29, 1.82) is 0 Å². The number of hydrogen-bond acceptors (Lipinski definition) is 2. The van der Waals surface area contributed by atoms with Crippen LogP contribution in [-0.4, -0.2) is 36.3 Å². The zero-order valence-electron chi connectivity index (χ0n) is 17.1. The van der Waals surface area contributed by atoms with E-state index in [0.29, 0.717) is 37.5 Å². The van der Waals surface area contributed by atoms with Crippen LogP contribution in [0.25, 0.3) is 4.85 Å². The Kier molecular flexibility index (Phi) is 6.24. The zero-order valence-corrected chi connectivity index (χ0v) is 17.9. The molecule has 0 bridgehead atoms. The van der Waals surface area contributed by atoms with E-state index >= 15 is 0 Å². The van der Waals surface area contributed by atoms with E-state index in [0.717, 1.165) is 36.6 Å². The number of benzene rings is 2. The van der Waals surface area contributed by atoms with Crippen LogP contribution in [0.2, 0.25) is 5.02 Å². The molecule has 2 heterocycles. The van der Waals surface area contributed by atoms with Gasteiger partial charge in [0.2, 0.25) is 5.91 Å². The maximum atomic E-state index is 14.2. The zero-order chi connectivity index (χ0) is 22.0. The van der Waals surface area contributed by atoms with Crippen molar-refractivity contribution < 1.29 is 14.0 Å². The summed E-state index contributed by atoms with van der Waals surface area (Å²) in [5.41, 5.74) is 2.17. The summed E-state index contributed by atoms with van der Waals surface area (Å²) in [5.74, 6) is -1.16. The summed E-state index contributed by atoms with van der Waals surface area (Å²) < 4.78 is 14.2. The van der Waals surface area contributed by atoms with Crippen molar-refractivity contribution in [3.05, 3.63) is 69.8 Å². The second-order valence-electron chi connectivity index (χ2n) is 8.06. The van der Waals surface area contributed by atoms with Crippen molar-refractivity contribution in [2.24, 2.45) is 5.92 Å². The summed E-state index contributed by atoms with van der Waals surface area (Å²) in [6.07, 6.45) is 3.96. The molecule has 0 spiro atoms.